The number of nitrogens with two attached hydrogens (primary N) is 1. The highest BCUT2D eigenvalue weighted by atomic mass is 32.2. The Morgan fingerprint density at radius 2 is 2.05 bits per heavy atom. The number of nitrogens with zero attached hydrogens (tertiary/aromatic N) is 1. The van der Waals surface area contributed by atoms with Crippen LogP contribution in [-0.2, 0) is 14.6 Å². The second-order valence-electron chi connectivity index (χ2n) is 4.94. The van der Waals surface area contributed by atoms with Crippen molar-refractivity contribution in [1.82, 2.24) is 4.90 Å². The van der Waals surface area contributed by atoms with Gasteiger partial charge in [-0.15, -0.1) is 0 Å². The molecule has 7 nitrogen and oxygen atoms in total. The molecular weight excluding hydrogens is 294 g/mol. The van der Waals surface area contributed by atoms with E-state index in [0.29, 0.717) is 30.2 Å². The van der Waals surface area contributed by atoms with Crippen molar-refractivity contribution in [2.45, 2.75) is 0 Å². The number of amides is 1. The molecule has 0 saturated carbocycles. The minimum absolute atomic E-state index is 0.0991. The molecule has 116 valence electrons. The molecule has 1 saturated heterocycles. The molecule has 0 radical (unpaired) electrons. The SMILES string of the molecule is COc1ccc(N)cc1NC(=O)CN1CCS(=O)(=O)CC1. The summed E-state index contributed by atoms with van der Waals surface area (Å²) in [7, 11) is -1.43. The summed E-state index contributed by atoms with van der Waals surface area (Å²) in [6, 6.07) is 4.99. The minimum atomic E-state index is -2.94. The number of rotatable bonds is 4. The van der Waals surface area contributed by atoms with Crippen LogP contribution in [0.25, 0.3) is 0 Å². The molecule has 1 heterocycles. The molecule has 1 aliphatic heterocycles. The first-order chi connectivity index (χ1) is 9.89. The smallest absolute Gasteiger partial charge is 0.238 e. The molecule has 0 aromatic heterocycles. The molecule has 0 bridgehead atoms. The van der Waals surface area contributed by atoms with Crippen LogP contribution in [0, 0.1) is 0 Å². The van der Waals surface area contributed by atoms with E-state index < -0.39 is 9.84 Å². The van der Waals surface area contributed by atoms with Crippen molar-refractivity contribution in [3.05, 3.63) is 18.2 Å². The number of carbonyl (C=O) groups is 1. The zero-order valence-corrected chi connectivity index (χ0v) is 12.6. The van der Waals surface area contributed by atoms with Crippen molar-refractivity contribution < 1.29 is 17.9 Å². The largest absolute Gasteiger partial charge is 0.495 e. The zero-order valence-electron chi connectivity index (χ0n) is 11.8. The summed E-state index contributed by atoms with van der Waals surface area (Å²) < 4.78 is 27.8. The topological polar surface area (TPSA) is 102 Å². The van der Waals surface area contributed by atoms with Gasteiger partial charge in [-0.25, -0.2) is 8.42 Å². The lowest BCUT2D eigenvalue weighted by Crippen LogP contribution is -2.43. The predicted octanol–water partition coefficient (Wildman–Crippen LogP) is -0.0537. The quantitative estimate of drug-likeness (QED) is 0.756. The van der Waals surface area contributed by atoms with E-state index in [4.69, 9.17) is 10.5 Å². The molecule has 21 heavy (non-hydrogen) atoms. The third-order valence-corrected chi connectivity index (χ3v) is 4.91. The van der Waals surface area contributed by atoms with Crippen molar-refractivity contribution >= 4 is 27.1 Å². The van der Waals surface area contributed by atoms with Crippen LogP contribution >= 0.6 is 0 Å². The highest BCUT2D eigenvalue weighted by Crippen LogP contribution is 2.26. The molecular formula is C13H19N3O4S. The van der Waals surface area contributed by atoms with Gasteiger partial charge in [-0.2, -0.15) is 0 Å². The number of ether oxygens (including phenoxy) is 1. The standard InChI is InChI=1S/C13H19N3O4S/c1-20-12-3-2-10(14)8-11(12)15-13(17)9-16-4-6-21(18,19)7-5-16/h2-3,8H,4-7,9,14H2,1H3,(H,15,17). The minimum Gasteiger partial charge on any atom is -0.495 e. The first kappa shape index (κ1) is 15.6. The Bertz CT molecular complexity index is 616. The van der Waals surface area contributed by atoms with Gasteiger partial charge < -0.3 is 15.8 Å². The molecule has 8 heteroatoms. The lowest BCUT2D eigenvalue weighted by Gasteiger charge is -2.25. The Kier molecular flexibility index (Phi) is 4.69. The van der Waals surface area contributed by atoms with E-state index in [-0.39, 0.29) is 24.0 Å². The first-order valence-corrected chi connectivity index (χ1v) is 8.38. The van der Waals surface area contributed by atoms with Gasteiger partial charge in [0.05, 0.1) is 30.8 Å². The normalized spacial score (nSPS) is 18.1. The molecule has 2 rings (SSSR count). The van der Waals surface area contributed by atoms with Gasteiger partial charge in [0.25, 0.3) is 0 Å². The van der Waals surface area contributed by atoms with Gasteiger partial charge in [-0.1, -0.05) is 0 Å². The molecule has 1 aromatic carbocycles. The molecule has 0 aliphatic carbocycles. The molecule has 1 aliphatic rings. The maximum Gasteiger partial charge on any atom is 0.238 e. The number of anilines is 2. The summed E-state index contributed by atoms with van der Waals surface area (Å²) in [5.74, 6) is 0.501. The Labute approximate surface area is 124 Å². The molecule has 1 amide bonds. The Morgan fingerprint density at radius 1 is 1.38 bits per heavy atom. The molecule has 1 fully saturated rings. The van der Waals surface area contributed by atoms with Gasteiger partial charge in [0.15, 0.2) is 9.84 Å². The number of nitrogens with one attached hydrogen (secondary N) is 1. The average Bonchev–Trinajstić information content (AvgIpc) is 2.41. The van der Waals surface area contributed by atoms with Crippen LogP contribution in [-0.4, -0.2) is 57.5 Å². The lowest BCUT2D eigenvalue weighted by atomic mass is 10.2. The van der Waals surface area contributed by atoms with Gasteiger partial charge in [-0.05, 0) is 18.2 Å². The molecule has 0 atom stereocenters. The Hall–Kier alpha value is -1.80. The summed E-state index contributed by atoms with van der Waals surface area (Å²) in [5, 5.41) is 2.74. The third kappa shape index (κ3) is 4.33. The molecule has 0 unspecified atom stereocenters. The van der Waals surface area contributed by atoms with Crippen LogP contribution in [0.5, 0.6) is 5.75 Å². The first-order valence-electron chi connectivity index (χ1n) is 6.56. The van der Waals surface area contributed by atoms with Crippen LogP contribution in [0.2, 0.25) is 0 Å². The molecule has 1 aromatic rings. The zero-order chi connectivity index (χ0) is 15.5. The van der Waals surface area contributed by atoms with E-state index in [1.807, 2.05) is 4.90 Å². The number of hydrogen-bond donors (Lipinski definition) is 2. The fourth-order valence-corrected chi connectivity index (χ4v) is 3.40. The van der Waals surface area contributed by atoms with E-state index in [1.54, 1.807) is 18.2 Å². The van der Waals surface area contributed by atoms with E-state index in [1.165, 1.54) is 7.11 Å². The maximum absolute atomic E-state index is 12.0. The number of nitrogen functional groups attached to an aromatic ring is 1. The molecule has 0 spiro atoms. The van der Waals surface area contributed by atoms with Gasteiger partial charge >= 0.3 is 0 Å². The van der Waals surface area contributed by atoms with Crippen molar-refractivity contribution in [1.29, 1.82) is 0 Å². The van der Waals surface area contributed by atoms with Crippen molar-refractivity contribution in [3.63, 3.8) is 0 Å². The average molecular weight is 313 g/mol. The van der Waals surface area contributed by atoms with Gasteiger partial charge in [0.2, 0.25) is 5.91 Å². The van der Waals surface area contributed by atoms with Crippen molar-refractivity contribution in [2.24, 2.45) is 0 Å². The van der Waals surface area contributed by atoms with Gasteiger partial charge in [0, 0.05) is 18.8 Å². The molecule has 3 N–H and O–H groups in total. The summed E-state index contributed by atoms with van der Waals surface area (Å²) in [6.45, 7) is 0.904. The van der Waals surface area contributed by atoms with Gasteiger partial charge in [-0.3, -0.25) is 9.69 Å². The summed E-state index contributed by atoms with van der Waals surface area (Å²) in [4.78, 5) is 13.8. The third-order valence-electron chi connectivity index (χ3n) is 3.30. The van der Waals surface area contributed by atoms with E-state index in [2.05, 4.69) is 5.32 Å². The fourth-order valence-electron chi connectivity index (χ4n) is 2.12. The van der Waals surface area contributed by atoms with Crippen LogP contribution in [0.15, 0.2) is 18.2 Å². The van der Waals surface area contributed by atoms with Crippen LogP contribution in [0.4, 0.5) is 11.4 Å². The van der Waals surface area contributed by atoms with Crippen molar-refractivity contribution in [2.75, 3.05) is 49.3 Å². The van der Waals surface area contributed by atoms with Crippen LogP contribution < -0.4 is 15.8 Å². The lowest BCUT2D eigenvalue weighted by molar-refractivity contribution is -0.117. The summed E-state index contributed by atoms with van der Waals surface area (Å²) >= 11 is 0. The van der Waals surface area contributed by atoms with E-state index >= 15 is 0 Å². The van der Waals surface area contributed by atoms with E-state index in [0.717, 1.165) is 0 Å². The van der Waals surface area contributed by atoms with Crippen molar-refractivity contribution in [3.8, 4) is 5.75 Å². The predicted molar refractivity (Wildman–Crippen MR) is 81.1 cm³/mol. The number of benzene rings is 1. The highest BCUT2D eigenvalue weighted by Gasteiger charge is 2.23. The van der Waals surface area contributed by atoms with E-state index in [9.17, 15) is 13.2 Å². The number of hydrogen-bond acceptors (Lipinski definition) is 6. The Morgan fingerprint density at radius 3 is 2.67 bits per heavy atom. The number of carbonyl (C=O) groups excluding carboxylic acids is 1. The summed E-state index contributed by atoms with van der Waals surface area (Å²) in [5.41, 5.74) is 6.72. The number of sulfone groups is 1. The van der Waals surface area contributed by atoms with Crippen LogP contribution in [0.1, 0.15) is 0 Å². The summed E-state index contributed by atoms with van der Waals surface area (Å²) in [6.07, 6.45) is 0. The Balaban J connectivity index is 1.95. The fraction of sp³-hybridized carbons (Fsp3) is 0.462. The monoisotopic (exact) mass is 313 g/mol. The van der Waals surface area contributed by atoms with Crippen LogP contribution in [0.3, 0.4) is 0 Å². The maximum atomic E-state index is 12.0. The second-order valence-corrected chi connectivity index (χ2v) is 7.24. The van der Waals surface area contributed by atoms with Gasteiger partial charge in [0.1, 0.15) is 5.75 Å². The number of methoxy groups -OCH3 is 1. The second kappa shape index (κ2) is 6.31. The highest BCUT2D eigenvalue weighted by molar-refractivity contribution is 7.91.